The topological polar surface area (TPSA) is 125 Å². The molecule has 3 amide bonds. The van der Waals surface area contributed by atoms with E-state index in [0.29, 0.717) is 26.2 Å². The zero-order valence-electron chi connectivity index (χ0n) is 17.7. The van der Waals surface area contributed by atoms with Crippen LogP contribution < -0.4 is 10.6 Å². The maximum Gasteiger partial charge on any atom is 0.248 e. The summed E-state index contributed by atoms with van der Waals surface area (Å²) < 4.78 is 0. The normalized spacial score (nSPS) is 10.8. The number of amides is 3. The summed E-state index contributed by atoms with van der Waals surface area (Å²) >= 11 is 0. The maximum absolute atomic E-state index is 12.0. The van der Waals surface area contributed by atoms with Crippen LogP contribution in [-0.4, -0.2) is 108 Å². The lowest BCUT2D eigenvalue weighted by Crippen LogP contribution is -2.47. The van der Waals surface area contributed by atoms with Gasteiger partial charge >= 0.3 is 0 Å². The molecule has 0 rings (SSSR count). The summed E-state index contributed by atoms with van der Waals surface area (Å²) in [6, 6.07) is 0. The van der Waals surface area contributed by atoms with Crippen LogP contribution in [0.1, 0.15) is 26.7 Å². The van der Waals surface area contributed by atoms with Gasteiger partial charge in [-0.2, -0.15) is 0 Å². The zero-order chi connectivity index (χ0) is 22.1. The van der Waals surface area contributed by atoms with E-state index in [1.807, 2.05) is 23.6 Å². The monoisotopic (exact) mass is 415 g/mol. The number of rotatable bonds is 17. The molecule has 0 bridgehead atoms. The van der Waals surface area contributed by atoms with Crippen molar-refractivity contribution in [1.29, 1.82) is 0 Å². The first-order valence-corrected chi connectivity index (χ1v) is 10.0. The van der Waals surface area contributed by atoms with Crippen LogP contribution in [0.25, 0.3) is 0 Å². The molecule has 0 aliphatic rings. The molecule has 29 heavy (non-hydrogen) atoms. The fourth-order valence-electron chi connectivity index (χ4n) is 2.54. The van der Waals surface area contributed by atoms with Gasteiger partial charge < -0.3 is 35.5 Å². The Morgan fingerprint density at radius 1 is 0.828 bits per heavy atom. The average molecular weight is 416 g/mol. The minimum atomic E-state index is -0.406. The maximum atomic E-state index is 12.0. The van der Waals surface area contributed by atoms with Crippen LogP contribution in [0, 0.1) is 0 Å². The standard InChI is InChI=1S/C19H37N5O5/c1-4-19(29)24(15-20-17(27)7-9-22(5-2)11-13-25)16-21-18(28)8-10-23(6-3)12-14-26/h4,25-26H,1,5-16H2,2-3H3,(H,20,27)(H,21,28). The molecule has 0 heterocycles. The molecule has 0 radical (unpaired) electrons. The second-order valence-electron chi connectivity index (χ2n) is 6.41. The van der Waals surface area contributed by atoms with Crippen molar-refractivity contribution in [2.75, 3.05) is 65.8 Å². The van der Waals surface area contributed by atoms with E-state index in [0.717, 1.165) is 19.2 Å². The van der Waals surface area contributed by atoms with Gasteiger partial charge in [-0.1, -0.05) is 20.4 Å². The third-order valence-electron chi connectivity index (χ3n) is 4.46. The van der Waals surface area contributed by atoms with Gasteiger partial charge in [-0.15, -0.1) is 0 Å². The fourth-order valence-corrected chi connectivity index (χ4v) is 2.54. The molecule has 0 fully saturated rings. The summed E-state index contributed by atoms with van der Waals surface area (Å²) in [4.78, 5) is 41.2. The molecule has 0 unspecified atom stereocenters. The van der Waals surface area contributed by atoms with Crippen molar-refractivity contribution in [3.05, 3.63) is 12.7 Å². The largest absolute Gasteiger partial charge is 0.395 e. The number of hydrogen-bond donors (Lipinski definition) is 4. The molecular formula is C19H37N5O5. The van der Waals surface area contributed by atoms with E-state index in [4.69, 9.17) is 10.2 Å². The molecule has 10 heteroatoms. The molecular weight excluding hydrogens is 378 g/mol. The third-order valence-corrected chi connectivity index (χ3v) is 4.46. The van der Waals surface area contributed by atoms with Gasteiger partial charge in [-0.3, -0.25) is 14.4 Å². The Labute approximate surface area is 173 Å². The summed E-state index contributed by atoms with van der Waals surface area (Å²) in [7, 11) is 0. The Balaban J connectivity index is 4.38. The fraction of sp³-hybridized carbons (Fsp3) is 0.737. The minimum Gasteiger partial charge on any atom is -0.395 e. The number of nitrogens with one attached hydrogen (secondary N) is 2. The number of aliphatic hydroxyl groups excluding tert-OH is 2. The molecule has 0 aromatic heterocycles. The van der Waals surface area contributed by atoms with Gasteiger partial charge in [0.05, 0.1) is 26.6 Å². The van der Waals surface area contributed by atoms with Gasteiger partial charge in [0.1, 0.15) is 0 Å². The van der Waals surface area contributed by atoms with Gasteiger partial charge in [0.25, 0.3) is 0 Å². The van der Waals surface area contributed by atoms with Gasteiger partial charge in [-0.25, -0.2) is 0 Å². The van der Waals surface area contributed by atoms with Gasteiger partial charge in [0, 0.05) is 39.0 Å². The molecule has 10 nitrogen and oxygen atoms in total. The van der Waals surface area contributed by atoms with Gasteiger partial charge in [0.15, 0.2) is 0 Å². The smallest absolute Gasteiger partial charge is 0.248 e. The predicted octanol–water partition coefficient (Wildman–Crippen LogP) is -1.44. The second-order valence-corrected chi connectivity index (χ2v) is 6.41. The van der Waals surface area contributed by atoms with E-state index < -0.39 is 5.91 Å². The van der Waals surface area contributed by atoms with Gasteiger partial charge in [-0.05, 0) is 19.2 Å². The first-order valence-electron chi connectivity index (χ1n) is 10.0. The molecule has 0 spiro atoms. The Morgan fingerprint density at radius 3 is 1.55 bits per heavy atom. The first kappa shape index (κ1) is 27.0. The highest BCUT2D eigenvalue weighted by Crippen LogP contribution is 1.94. The van der Waals surface area contributed by atoms with Crippen LogP contribution >= 0.6 is 0 Å². The van der Waals surface area contributed by atoms with Crippen LogP contribution in [-0.2, 0) is 14.4 Å². The molecule has 0 aromatic rings. The highest BCUT2D eigenvalue weighted by atomic mass is 16.3. The second kappa shape index (κ2) is 16.9. The number of aliphatic hydroxyl groups is 2. The van der Waals surface area contributed by atoms with E-state index in [9.17, 15) is 14.4 Å². The molecule has 0 aromatic carbocycles. The van der Waals surface area contributed by atoms with Crippen molar-refractivity contribution < 1.29 is 24.6 Å². The molecule has 0 aliphatic carbocycles. The molecule has 0 saturated heterocycles. The highest BCUT2D eigenvalue weighted by Gasteiger charge is 2.14. The van der Waals surface area contributed by atoms with E-state index in [2.05, 4.69) is 17.2 Å². The van der Waals surface area contributed by atoms with E-state index >= 15 is 0 Å². The van der Waals surface area contributed by atoms with Crippen LogP contribution in [0.2, 0.25) is 0 Å². The van der Waals surface area contributed by atoms with Crippen molar-refractivity contribution in [3.8, 4) is 0 Å². The lowest BCUT2D eigenvalue weighted by Gasteiger charge is -2.23. The Hall–Kier alpha value is -2.01. The lowest BCUT2D eigenvalue weighted by atomic mass is 10.3. The summed E-state index contributed by atoms with van der Waals surface area (Å²) in [5.74, 6) is -0.856. The number of likely N-dealkylation sites (N-methyl/N-ethyl adjacent to an activating group) is 2. The number of carbonyl (C=O) groups excluding carboxylic acids is 3. The summed E-state index contributed by atoms with van der Waals surface area (Å²) in [5.41, 5.74) is 0. The lowest BCUT2D eigenvalue weighted by molar-refractivity contribution is -0.129. The van der Waals surface area contributed by atoms with Crippen molar-refractivity contribution >= 4 is 17.7 Å². The number of carbonyl (C=O) groups is 3. The number of hydrogen-bond acceptors (Lipinski definition) is 7. The Kier molecular flexibility index (Phi) is 15.7. The highest BCUT2D eigenvalue weighted by molar-refractivity contribution is 5.87. The number of nitrogens with zero attached hydrogens (tertiary/aromatic N) is 3. The Bertz CT molecular complexity index is 469. The first-order chi connectivity index (χ1) is 13.9. The minimum absolute atomic E-state index is 0.0345. The average Bonchev–Trinajstić information content (AvgIpc) is 2.73. The van der Waals surface area contributed by atoms with E-state index in [1.165, 1.54) is 4.90 Å². The summed E-state index contributed by atoms with van der Waals surface area (Å²) in [6.45, 7) is 10.8. The SMILES string of the molecule is C=CC(=O)N(CNC(=O)CCN(CC)CCO)CNC(=O)CCN(CC)CCO. The van der Waals surface area contributed by atoms with E-state index in [1.54, 1.807) is 0 Å². The summed E-state index contributed by atoms with van der Waals surface area (Å²) in [5, 5.41) is 23.3. The van der Waals surface area contributed by atoms with Crippen molar-refractivity contribution in [2.24, 2.45) is 0 Å². The summed E-state index contributed by atoms with van der Waals surface area (Å²) in [6.07, 6.45) is 1.61. The van der Waals surface area contributed by atoms with Crippen LogP contribution in [0.5, 0.6) is 0 Å². The molecule has 0 aliphatic heterocycles. The van der Waals surface area contributed by atoms with Crippen LogP contribution in [0.4, 0.5) is 0 Å². The van der Waals surface area contributed by atoms with E-state index in [-0.39, 0.29) is 51.2 Å². The zero-order valence-corrected chi connectivity index (χ0v) is 17.7. The predicted molar refractivity (Wildman–Crippen MR) is 111 cm³/mol. The van der Waals surface area contributed by atoms with Gasteiger partial charge in [0.2, 0.25) is 17.7 Å². The van der Waals surface area contributed by atoms with Crippen molar-refractivity contribution in [3.63, 3.8) is 0 Å². The van der Waals surface area contributed by atoms with Crippen LogP contribution in [0.15, 0.2) is 12.7 Å². The quantitative estimate of drug-likeness (QED) is 0.169. The molecule has 168 valence electrons. The molecule has 4 N–H and O–H groups in total. The van der Waals surface area contributed by atoms with Crippen molar-refractivity contribution in [1.82, 2.24) is 25.3 Å². The molecule has 0 saturated carbocycles. The van der Waals surface area contributed by atoms with Crippen molar-refractivity contribution in [2.45, 2.75) is 26.7 Å². The van der Waals surface area contributed by atoms with Crippen LogP contribution in [0.3, 0.4) is 0 Å². The molecule has 0 atom stereocenters. The third kappa shape index (κ3) is 12.9. The Morgan fingerprint density at radius 2 is 1.24 bits per heavy atom.